The third kappa shape index (κ3) is 3.87. The van der Waals surface area contributed by atoms with E-state index in [-0.39, 0.29) is 18.0 Å². The minimum Gasteiger partial charge on any atom is -0.497 e. The molecule has 1 aromatic rings. The van der Waals surface area contributed by atoms with Crippen LogP contribution in [0.1, 0.15) is 24.8 Å². The number of methoxy groups -OCH3 is 1. The molecule has 21 heavy (non-hydrogen) atoms. The van der Waals surface area contributed by atoms with Gasteiger partial charge in [0.1, 0.15) is 5.75 Å². The summed E-state index contributed by atoms with van der Waals surface area (Å²) >= 11 is 0. The number of carboxylic acid groups (broad SMARTS) is 1. The van der Waals surface area contributed by atoms with Crippen LogP contribution in [0.3, 0.4) is 0 Å². The molecule has 1 aliphatic carbocycles. The molecule has 2 amide bonds. The Morgan fingerprint density at radius 2 is 2.10 bits per heavy atom. The number of rotatable bonds is 4. The van der Waals surface area contributed by atoms with Crippen LogP contribution >= 0.6 is 0 Å². The van der Waals surface area contributed by atoms with E-state index in [1.165, 1.54) is 0 Å². The number of ether oxygens (including phenoxy) is 1. The maximum absolute atomic E-state index is 12.0. The summed E-state index contributed by atoms with van der Waals surface area (Å²) in [5, 5.41) is 14.5. The molecular weight excluding hydrogens is 272 g/mol. The minimum atomic E-state index is -0.786. The first-order valence-electron chi connectivity index (χ1n) is 6.94. The van der Waals surface area contributed by atoms with Crippen LogP contribution in [-0.2, 0) is 4.79 Å². The highest BCUT2D eigenvalue weighted by atomic mass is 16.5. The molecule has 114 valence electrons. The molecule has 1 aliphatic rings. The SMILES string of the molecule is COc1ccc(NC(=O)N[C@H]2CC[C@@H](C(=O)O)C2)c(C)c1. The monoisotopic (exact) mass is 292 g/mol. The molecule has 0 radical (unpaired) electrons. The third-order valence-corrected chi connectivity index (χ3v) is 3.80. The number of nitrogens with one attached hydrogen (secondary N) is 2. The zero-order valence-corrected chi connectivity index (χ0v) is 12.2. The van der Waals surface area contributed by atoms with Crippen molar-refractivity contribution in [2.24, 2.45) is 5.92 Å². The Morgan fingerprint density at radius 3 is 2.67 bits per heavy atom. The molecule has 3 N–H and O–H groups in total. The summed E-state index contributed by atoms with van der Waals surface area (Å²) in [6.45, 7) is 1.88. The van der Waals surface area contributed by atoms with Gasteiger partial charge >= 0.3 is 12.0 Å². The molecule has 0 unspecified atom stereocenters. The van der Waals surface area contributed by atoms with Crippen LogP contribution in [0.2, 0.25) is 0 Å². The first kappa shape index (κ1) is 15.2. The fourth-order valence-electron chi connectivity index (χ4n) is 2.58. The highest BCUT2D eigenvalue weighted by molar-refractivity contribution is 5.90. The van der Waals surface area contributed by atoms with Gasteiger partial charge in [-0.2, -0.15) is 0 Å². The van der Waals surface area contributed by atoms with Gasteiger partial charge in [0.05, 0.1) is 13.0 Å². The van der Waals surface area contributed by atoms with Gasteiger partial charge in [0.2, 0.25) is 0 Å². The van der Waals surface area contributed by atoms with Crippen LogP contribution in [-0.4, -0.2) is 30.3 Å². The normalized spacial score (nSPS) is 20.9. The molecule has 2 atom stereocenters. The molecule has 6 nitrogen and oxygen atoms in total. The number of carbonyl (C=O) groups is 2. The predicted octanol–water partition coefficient (Wildman–Crippen LogP) is 2.38. The van der Waals surface area contributed by atoms with Crippen molar-refractivity contribution in [3.8, 4) is 5.75 Å². The van der Waals surface area contributed by atoms with Crippen LogP contribution in [0, 0.1) is 12.8 Å². The van der Waals surface area contributed by atoms with E-state index in [1.807, 2.05) is 13.0 Å². The molecule has 0 heterocycles. The van der Waals surface area contributed by atoms with Crippen LogP contribution in [0.15, 0.2) is 18.2 Å². The van der Waals surface area contributed by atoms with E-state index in [2.05, 4.69) is 10.6 Å². The van der Waals surface area contributed by atoms with Crippen molar-refractivity contribution < 1.29 is 19.4 Å². The van der Waals surface area contributed by atoms with Gasteiger partial charge in [0.15, 0.2) is 0 Å². The summed E-state index contributed by atoms with van der Waals surface area (Å²) in [6, 6.07) is 5.01. The lowest BCUT2D eigenvalue weighted by molar-refractivity contribution is -0.141. The van der Waals surface area contributed by atoms with Crippen molar-refractivity contribution in [1.82, 2.24) is 5.32 Å². The Morgan fingerprint density at radius 1 is 1.33 bits per heavy atom. The van der Waals surface area contributed by atoms with Crippen LogP contribution < -0.4 is 15.4 Å². The van der Waals surface area contributed by atoms with Crippen molar-refractivity contribution in [3.05, 3.63) is 23.8 Å². The van der Waals surface area contributed by atoms with Crippen molar-refractivity contribution in [1.29, 1.82) is 0 Å². The first-order chi connectivity index (χ1) is 9.99. The van der Waals surface area contributed by atoms with Crippen LogP contribution in [0.5, 0.6) is 5.75 Å². The van der Waals surface area contributed by atoms with E-state index in [0.29, 0.717) is 24.9 Å². The van der Waals surface area contributed by atoms with Gasteiger partial charge in [-0.1, -0.05) is 0 Å². The smallest absolute Gasteiger partial charge is 0.319 e. The maximum Gasteiger partial charge on any atom is 0.319 e. The Kier molecular flexibility index (Phi) is 4.67. The molecule has 1 fully saturated rings. The van der Waals surface area contributed by atoms with Gasteiger partial charge in [-0.25, -0.2) is 4.79 Å². The number of hydrogen-bond acceptors (Lipinski definition) is 3. The molecule has 0 aliphatic heterocycles. The van der Waals surface area contributed by atoms with Crippen molar-refractivity contribution in [2.45, 2.75) is 32.2 Å². The summed E-state index contributed by atoms with van der Waals surface area (Å²) in [5.41, 5.74) is 1.61. The lowest BCUT2D eigenvalue weighted by Gasteiger charge is -2.15. The molecule has 6 heteroatoms. The number of carboxylic acids is 1. The fraction of sp³-hybridized carbons (Fsp3) is 0.467. The highest BCUT2D eigenvalue weighted by Gasteiger charge is 2.30. The Balaban J connectivity index is 1.89. The molecule has 1 aromatic carbocycles. The number of hydrogen-bond donors (Lipinski definition) is 3. The average molecular weight is 292 g/mol. The molecule has 1 saturated carbocycles. The molecule has 0 aromatic heterocycles. The second-order valence-electron chi connectivity index (χ2n) is 5.32. The topological polar surface area (TPSA) is 87.7 Å². The molecular formula is C15H20N2O4. The summed E-state index contributed by atoms with van der Waals surface area (Å²) in [7, 11) is 1.59. The van der Waals surface area contributed by atoms with E-state index in [4.69, 9.17) is 9.84 Å². The number of benzene rings is 1. The zero-order valence-electron chi connectivity index (χ0n) is 12.2. The van der Waals surface area contributed by atoms with E-state index < -0.39 is 5.97 Å². The Bertz CT molecular complexity index is 544. The first-order valence-corrected chi connectivity index (χ1v) is 6.94. The van der Waals surface area contributed by atoms with Crippen molar-refractivity contribution in [3.63, 3.8) is 0 Å². The fourth-order valence-corrected chi connectivity index (χ4v) is 2.58. The number of anilines is 1. The number of aryl methyl sites for hydroxylation is 1. The predicted molar refractivity (Wildman–Crippen MR) is 78.7 cm³/mol. The average Bonchev–Trinajstić information content (AvgIpc) is 2.89. The third-order valence-electron chi connectivity index (χ3n) is 3.80. The van der Waals surface area contributed by atoms with Gasteiger partial charge in [-0.05, 0) is 49.9 Å². The summed E-state index contributed by atoms with van der Waals surface area (Å²) in [5.74, 6) is -0.401. The quantitative estimate of drug-likeness (QED) is 0.795. The van der Waals surface area contributed by atoms with Crippen molar-refractivity contribution >= 4 is 17.7 Å². The molecule has 0 bridgehead atoms. The lowest BCUT2D eigenvalue weighted by Crippen LogP contribution is -2.36. The van der Waals surface area contributed by atoms with E-state index >= 15 is 0 Å². The zero-order chi connectivity index (χ0) is 15.4. The lowest BCUT2D eigenvalue weighted by atomic mass is 10.1. The van der Waals surface area contributed by atoms with Gasteiger partial charge in [0, 0.05) is 11.7 Å². The van der Waals surface area contributed by atoms with Gasteiger partial charge < -0.3 is 20.5 Å². The van der Waals surface area contributed by atoms with Crippen molar-refractivity contribution in [2.75, 3.05) is 12.4 Å². The van der Waals surface area contributed by atoms with E-state index in [9.17, 15) is 9.59 Å². The number of aliphatic carboxylic acids is 1. The minimum absolute atomic E-state index is 0.0790. The van der Waals surface area contributed by atoms with E-state index in [0.717, 1.165) is 11.3 Å². The van der Waals surface area contributed by atoms with Crippen LogP contribution in [0.4, 0.5) is 10.5 Å². The number of amides is 2. The largest absolute Gasteiger partial charge is 0.497 e. The second-order valence-corrected chi connectivity index (χ2v) is 5.32. The molecule has 2 rings (SSSR count). The summed E-state index contributed by atoms with van der Waals surface area (Å²) in [6.07, 6.45) is 1.80. The van der Waals surface area contributed by atoms with E-state index in [1.54, 1.807) is 19.2 Å². The number of urea groups is 1. The summed E-state index contributed by atoms with van der Waals surface area (Å²) in [4.78, 5) is 22.8. The Labute approximate surface area is 123 Å². The Hall–Kier alpha value is -2.24. The highest BCUT2D eigenvalue weighted by Crippen LogP contribution is 2.26. The van der Waals surface area contributed by atoms with Crippen LogP contribution in [0.25, 0.3) is 0 Å². The summed E-state index contributed by atoms with van der Waals surface area (Å²) < 4.78 is 5.11. The number of carbonyl (C=O) groups excluding carboxylic acids is 1. The second kappa shape index (κ2) is 6.47. The maximum atomic E-state index is 12.0. The standard InChI is InChI=1S/C15H20N2O4/c1-9-7-12(21-2)5-6-13(9)17-15(20)16-11-4-3-10(8-11)14(18)19/h5-7,10-11H,3-4,8H2,1-2H3,(H,18,19)(H2,16,17,20)/t10-,11+/m1/s1. The molecule has 0 saturated heterocycles. The van der Waals surface area contributed by atoms with Gasteiger partial charge in [0.25, 0.3) is 0 Å². The van der Waals surface area contributed by atoms with Gasteiger partial charge in [-0.3, -0.25) is 4.79 Å². The molecule has 0 spiro atoms. The van der Waals surface area contributed by atoms with Gasteiger partial charge in [-0.15, -0.1) is 0 Å².